The number of pyridine rings is 1. The third-order valence-corrected chi connectivity index (χ3v) is 5.84. The fraction of sp³-hybridized carbons (Fsp3) is 0.526. The molecule has 0 amide bonds. The highest BCUT2D eigenvalue weighted by atomic mass is 32.1. The van der Waals surface area contributed by atoms with Crippen molar-refractivity contribution in [2.24, 2.45) is 10.9 Å². The van der Waals surface area contributed by atoms with E-state index < -0.39 is 0 Å². The number of aliphatic hydroxyl groups is 1. The minimum Gasteiger partial charge on any atom is -0.396 e. The second-order valence-electron chi connectivity index (χ2n) is 6.91. The van der Waals surface area contributed by atoms with Crippen molar-refractivity contribution in [3.8, 4) is 0 Å². The van der Waals surface area contributed by atoms with Crippen LogP contribution in [0.25, 0.3) is 15.8 Å². The summed E-state index contributed by atoms with van der Waals surface area (Å²) in [7, 11) is 1.82. The number of fused-ring (bicyclic) bond motifs is 1. The summed E-state index contributed by atoms with van der Waals surface area (Å²) in [6.07, 6.45) is 4.97. The number of thiazole rings is 1. The molecule has 2 N–H and O–H groups in total. The van der Waals surface area contributed by atoms with E-state index in [4.69, 9.17) is 4.98 Å². The maximum Gasteiger partial charge on any atom is 0.131 e. The van der Waals surface area contributed by atoms with Gasteiger partial charge in [-0.3, -0.25) is 9.98 Å². The quantitative estimate of drug-likeness (QED) is 0.647. The summed E-state index contributed by atoms with van der Waals surface area (Å²) in [5.74, 6) is 1.30. The number of aromatic nitrogens is 2. The molecule has 2 atom stereocenters. The first-order valence-electron chi connectivity index (χ1n) is 8.78. The van der Waals surface area contributed by atoms with Crippen LogP contribution in [0.1, 0.15) is 43.8 Å². The number of allylic oxidation sites excluding steroid dienone is 1. The predicted octanol–water partition coefficient (Wildman–Crippen LogP) is 3.57. The van der Waals surface area contributed by atoms with E-state index in [1.54, 1.807) is 11.3 Å². The number of aliphatic imine (C=N–C) groups is 1. The summed E-state index contributed by atoms with van der Waals surface area (Å²) in [5.41, 5.74) is 4.19. The van der Waals surface area contributed by atoms with Crippen LogP contribution in [0.4, 0.5) is 0 Å². The van der Waals surface area contributed by atoms with Crippen LogP contribution in [0.5, 0.6) is 0 Å². The summed E-state index contributed by atoms with van der Waals surface area (Å²) < 4.78 is 1.15. The lowest BCUT2D eigenvalue weighted by atomic mass is 10.1. The van der Waals surface area contributed by atoms with E-state index in [2.05, 4.69) is 29.1 Å². The number of rotatable bonds is 4. The van der Waals surface area contributed by atoms with Gasteiger partial charge >= 0.3 is 0 Å². The van der Waals surface area contributed by atoms with Crippen molar-refractivity contribution in [3.63, 3.8) is 0 Å². The molecule has 0 bridgehead atoms. The highest BCUT2D eigenvalue weighted by molar-refractivity contribution is 7.19. The van der Waals surface area contributed by atoms with Crippen LogP contribution < -0.4 is 5.32 Å². The van der Waals surface area contributed by atoms with Crippen molar-refractivity contribution in [3.05, 3.63) is 28.5 Å². The van der Waals surface area contributed by atoms with Crippen LogP contribution in [-0.4, -0.2) is 40.6 Å². The minimum absolute atomic E-state index is 0.274. The number of aryl methyl sites for hydroxylation is 1. The Hall–Kier alpha value is -1.79. The summed E-state index contributed by atoms with van der Waals surface area (Å²) in [5, 5.41) is 14.0. The maximum absolute atomic E-state index is 9.38. The van der Waals surface area contributed by atoms with Gasteiger partial charge in [0.05, 0.1) is 16.0 Å². The monoisotopic (exact) mass is 358 g/mol. The smallest absolute Gasteiger partial charge is 0.131 e. The Bertz CT molecular complexity index is 820. The van der Waals surface area contributed by atoms with Crippen LogP contribution in [0.3, 0.4) is 0 Å². The van der Waals surface area contributed by atoms with Gasteiger partial charge < -0.3 is 10.4 Å². The molecule has 2 aromatic rings. The van der Waals surface area contributed by atoms with E-state index in [0.29, 0.717) is 12.0 Å². The van der Waals surface area contributed by atoms with E-state index in [0.717, 1.165) is 51.6 Å². The van der Waals surface area contributed by atoms with Crippen LogP contribution >= 0.6 is 11.3 Å². The molecule has 0 saturated heterocycles. The molecule has 5 nitrogen and oxygen atoms in total. The molecule has 25 heavy (non-hydrogen) atoms. The van der Waals surface area contributed by atoms with Gasteiger partial charge in [-0.1, -0.05) is 5.57 Å². The molecule has 3 rings (SSSR count). The third-order valence-electron chi connectivity index (χ3n) is 4.80. The lowest BCUT2D eigenvalue weighted by Gasteiger charge is -2.18. The van der Waals surface area contributed by atoms with E-state index in [1.807, 2.05) is 26.2 Å². The standard InChI is InChI=1S/C19H26N4OS/c1-11(2)16(18(20-4)22-14-6-5-13(9-14)10-24)19-23-17-12(3)21-8-7-15(17)25-19/h7-8,13-14,24H,5-6,9-10H2,1-4H3,(H,20,22). The van der Waals surface area contributed by atoms with Gasteiger partial charge in [-0.05, 0) is 52.0 Å². The van der Waals surface area contributed by atoms with Gasteiger partial charge in [0.1, 0.15) is 16.4 Å². The van der Waals surface area contributed by atoms with Crippen LogP contribution in [-0.2, 0) is 0 Å². The summed E-state index contributed by atoms with van der Waals surface area (Å²) in [6, 6.07) is 2.38. The van der Waals surface area contributed by atoms with Gasteiger partial charge in [-0.15, -0.1) is 11.3 Å². The molecule has 2 unspecified atom stereocenters. The molecule has 2 heterocycles. The van der Waals surface area contributed by atoms with Crippen LogP contribution in [0, 0.1) is 12.8 Å². The molecule has 134 valence electrons. The Kier molecular flexibility index (Phi) is 5.49. The van der Waals surface area contributed by atoms with E-state index >= 15 is 0 Å². The molecule has 1 saturated carbocycles. The lowest BCUT2D eigenvalue weighted by Crippen LogP contribution is -2.34. The van der Waals surface area contributed by atoms with Crippen molar-refractivity contribution in [1.82, 2.24) is 15.3 Å². The molecule has 2 aromatic heterocycles. The summed E-state index contributed by atoms with van der Waals surface area (Å²) >= 11 is 1.68. The van der Waals surface area contributed by atoms with Gasteiger partial charge in [-0.25, -0.2) is 4.98 Å². The molecule has 1 aliphatic rings. The first-order chi connectivity index (χ1) is 12.0. The Morgan fingerprint density at radius 2 is 2.20 bits per heavy atom. The zero-order valence-electron chi connectivity index (χ0n) is 15.3. The largest absolute Gasteiger partial charge is 0.396 e. The Morgan fingerprint density at radius 3 is 2.80 bits per heavy atom. The minimum atomic E-state index is 0.274. The average molecular weight is 359 g/mol. The first-order valence-corrected chi connectivity index (χ1v) is 9.59. The van der Waals surface area contributed by atoms with Crippen LogP contribution in [0.15, 0.2) is 22.8 Å². The topological polar surface area (TPSA) is 70.4 Å². The van der Waals surface area contributed by atoms with E-state index in [1.165, 1.54) is 5.57 Å². The number of nitrogens with one attached hydrogen (secondary N) is 1. The van der Waals surface area contributed by atoms with Gasteiger partial charge in [-0.2, -0.15) is 0 Å². The second-order valence-corrected chi connectivity index (χ2v) is 7.94. The summed E-state index contributed by atoms with van der Waals surface area (Å²) in [6.45, 7) is 6.47. The van der Waals surface area contributed by atoms with Gasteiger partial charge in [0.15, 0.2) is 0 Å². The number of aliphatic hydroxyl groups excluding tert-OH is 1. The maximum atomic E-state index is 9.38. The Labute approximate surface area is 152 Å². The number of hydrogen-bond donors (Lipinski definition) is 2. The molecule has 0 radical (unpaired) electrons. The summed E-state index contributed by atoms with van der Waals surface area (Å²) in [4.78, 5) is 13.7. The van der Waals surface area contributed by atoms with Crippen molar-refractivity contribution < 1.29 is 5.11 Å². The highest BCUT2D eigenvalue weighted by Gasteiger charge is 2.26. The predicted molar refractivity (Wildman–Crippen MR) is 105 cm³/mol. The van der Waals surface area contributed by atoms with E-state index in [-0.39, 0.29) is 6.61 Å². The lowest BCUT2D eigenvalue weighted by molar-refractivity contribution is 0.228. The fourth-order valence-corrected chi connectivity index (χ4v) is 4.62. The molecular weight excluding hydrogens is 332 g/mol. The molecule has 1 aliphatic carbocycles. The van der Waals surface area contributed by atoms with Gasteiger partial charge in [0.2, 0.25) is 0 Å². The molecule has 0 aliphatic heterocycles. The number of hydrogen-bond acceptors (Lipinski definition) is 5. The molecule has 0 spiro atoms. The second kappa shape index (κ2) is 7.62. The average Bonchev–Trinajstić information content (AvgIpc) is 3.21. The number of amidine groups is 1. The molecular formula is C19H26N4OS. The molecule has 1 fully saturated rings. The Morgan fingerprint density at radius 1 is 1.40 bits per heavy atom. The number of nitrogens with zero attached hydrogens (tertiary/aromatic N) is 3. The van der Waals surface area contributed by atoms with Gasteiger partial charge in [0.25, 0.3) is 0 Å². The molecule has 6 heteroatoms. The molecule has 0 aromatic carbocycles. The SMILES string of the molecule is CN=C(NC1CCC(CO)C1)C(=C(C)C)c1nc2c(C)nccc2s1. The Balaban J connectivity index is 1.91. The zero-order chi connectivity index (χ0) is 18.0. The normalized spacial score (nSPS) is 20.9. The van der Waals surface area contributed by atoms with E-state index in [9.17, 15) is 5.11 Å². The third kappa shape index (κ3) is 3.75. The van der Waals surface area contributed by atoms with Crippen molar-refractivity contribution in [2.45, 2.75) is 46.1 Å². The van der Waals surface area contributed by atoms with Crippen molar-refractivity contribution in [2.75, 3.05) is 13.7 Å². The van der Waals surface area contributed by atoms with Crippen molar-refractivity contribution in [1.29, 1.82) is 0 Å². The zero-order valence-corrected chi connectivity index (χ0v) is 16.2. The first kappa shape index (κ1) is 18.0. The van der Waals surface area contributed by atoms with Crippen molar-refractivity contribution >= 4 is 33.0 Å². The highest BCUT2D eigenvalue weighted by Crippen LogP contribution is 2.31. The van der Waals surface area contributed by atoms with Gasteiger partial charge in [0, 0.05) is 25.9 Å². The fourth-order valence-electron chi connectivity index (χ4n) is 3.45. The van der Waals surface area contributed by atoms with Crippen LogP contribution in [0.2, 0.25) is 0 Å².